The molecule has 0 fully saturated rings. The molecule has 4 heteroatoms. The third-order valence-corrected chi connectivity index (χ3v) is 2.55. The summed E-state index contributed by atoms with van der Waals surface area (Å²) in [5.41, 5.74) is 3.46. The standard InChI is InChI=1S/C13H17N3O/c1-3-11-8-12(5-4-10(11)2)16-9-13(17)15-7-6-14/h4-5,8,16H,3,7,9H2,1-2H3,(H,15,17). The molecule has 90 valence electrons. The van der Waals surface area contributed by atoms with Gasteiger partial charge in [-0.15, -0.1) is 0 Å². The molecule has 0 saturated heterocycles. The van der Waals surface area contributed by atoms with Gasteiger partial charge in [0.15, 0.2) is 0 Å². The monoisotopic (exact) mass is 231 g/mol. The van der Waals surface area contributed by atoms with Gasteiger partial charge in [0.2, 0.25) is 5.91 Å². The van der Waals surface area contributed by atoms with E-state index in [-0.39, 0.29) is 19.0 Å². The fourth-order valence-electron chi connectivity index (χ4n) is 1.55. The molecule has 0 aliphatic carbocycles. The highest BCUT2D eigenvalue weighted by Crippen LogP contribution is 2.15. The topological polar surface area (TPSA) is 64.9 Å². The summed E-state index contributed by atoms with van der Waals surface area (Å²) in [5, 5.41) is 13.8. The van der Waals surface area contributed by atoms with E-state index in [2.05, 4.69) is 24.5 Å². The van der Waals surface area contributed by atoms with Crippen molar-refractivity contribution in [3.05, 3.63) is 29.3 Å². The normalized spacial score (nSPS) is 9.47. The number of aryl methyl sites for hydroxylation is 2. The van der Waals surface area contributed by atoms with Crippen LogP contribution < -0.4 is 10.6 Å². The van der Waals surface area contributed by atoms with Crippen molar-refractivity contribution in [2.24, 2.45) is 0 Å². The first-order chi connectivity index (χ1) is 8.17. The van der Waals surface area contributed by atoms with Gasteiger partial charge in [-0.25, -0.2) is 0 Å². The van der Waals surface area contributed by atoms with E-state index in [0.29, 0.717) is 0 Å². The second kappa shape index (κ2) is 6.54. The SMILES string of the molecule is CCc1cc(NCC(=O)NCC#N)ccc1C. The van der Waals surface area contributed by atoms with Crippen LogP contribution in [0.25, 0.3) is 0 Å². The molecule has 0 unspecified atom stereocenters. The van der Waals surface area contributed by atoms with Gasteiger partial charge >= 0.3 is 0 Å². The molecule has 4 nitrogen and oxygen atoms in total. The molecule has 0 bridgehead atoms. The Hall–Kier alpha value is -2.02. The molecule has 0 saturated carbocycles. The highest BCUT2D eigenvalue weighted by molar-refractivity contribution is 5.80. The fourth-order valence-corrected chi connectivity index (χ4v) is 1.55. The number of nitrogens with zero attached hydrogens (tertiary/aromatic N) is 1. The lowest BCUT2D eigenvalue weighted by atomic mass is 10.1. The second-order valence-electron chi connectivity index (χ2n) is 3.78. The lowest BCUT2D eigenvalue weighted by Gasteiger charge is -2.09. The third-order valence-electron chi connectivity index (χ3n) is 2.55. The van der Waals surface area contributed by atoms with Crippen molar-refractivity contribution < 1.29 is 4.79 Å². The molecule has 1 rings (SSSR count). The zero-order chi connectivity index (χ0) is 12.7. The number of nitrogens with one attached hydrogen (secondary N) is 2. The van der Waals surface area contributed by atoms with Gasteiger partial charge in [0.25, 0.3) is 0 Å². The van der Waals surface area contributed by atoms with Crippen molar-refractivity contribution in [2.75, 3.05) is 18.4 Å². The maximum atomic E-state index is 11.3. The largest absolute Gasteiger partial charge is 0.376 e. The Morgan fingerprint density at radius 1 is 1.47 bits per heavy atom. The van der Waals surface area contributed by atoms with E-state index >= 15 is 0 Å². The summed E-state index contributed by atoms with van der Waals surface area (Å²) in [6.07, 6.45) is 0.974. The van der Waals surface area contributed by atoms with Crippen LogP contribution >= 0.6 is 0 Å². The molecule has 0 heterocycles. The van der Waals surface area contributed by atoms with Crippen LogP contribution in [0.4, 0.5) is 5.69 Å². The van der Waals surface area contributed by atoms with E-state index in [0.717, 1.165) is 12.1 Å². The maximum absolute atomic E-state index is 11.3. The highest BCUT2D eigenvalue weighted by Gasteiger charge is 2.01. The van der Waals surface area contributed by atoms with Gasteiger partial charge in [-0.3, -0.25) is 4.79 Å². The molecule has 0 radical (unpaired) electrons. The van der Waals surface area contributed by atoms with Crippen molar-refractivity contribution in [1.82, 2.24) is 5.32 Å². The molecule has 17 heavy (non-hydrogen) atoms. The molecule has 1 amide bonds. The van der Waals surface area contributed by atoms with Crippen LogP contribution in [0.15, 0.2) is 18.2 Å². The number of hydrogen-bond donors (Lipinski definition) is 2. The minimum absolute atomic E-state index is 0.0502. The molecule has 0 aromatic heterocycles. The predicted molar refractivity (Wildman–Crippen MR) is 67.7 cm³/mol. The smallest absolute Gasteiger partial charge is 0.240 e. The van der Waals surface area contributed by atoms with E-state index in [1.165, 1.54) is 11.1 Å². The Kier molecular flexibility index (Phi) is 5.02. The number of anilines is 1. The fraction of sp³-hybridized carbons (Fsp3) is 0.385. The first-order valence-corrected chi connectivity index (χ1v) is 5.64. The van der Waals surface area contributed by atoms with Gasteiger partial charge in [-0.2, -0.15) is 5.26 Å². The predicted octanol–water partition coefficient (Wildman–Crippen LogP) is 1.61. The summed E-state index contributed by atoms with van der Waals surface area (Å²) in [7, 11) is 0. The number of carbonyl (C=O) groups excluding carboxylic acids is 1. The number of carbonyl (C=O) groups is 1. The van der Waals surface area contributed by atoms with E-state index in [1.54, 1.807) is 0 Å². The molecular weight excluding hydrogens is 214 g/mol. The van der Waals surface area contributed by atoms with Gasteiger partial charge in [0.05, 0.1) is 12.6 Å². The molecule has 1 aromatic rings. The van der Waals surface area contributed by atoms with Crippen molar-refractivity contribution in [3.63, 3.8) is 0 Å². The van der Waals surface area contributed by atoms with Gasteiger partial charge in [-0.05, 0) is 36.6 Å². The minimum Gasteiger partial charge on any atom is -0.376 e. The van der Waals surface area contributed by atoms with Crippen LogP contribution in [-0.4, -0.2) is 19.0 Å². The van der Waals surface area contributed by atoms with E-state index < -0.39 is 0 Å². The van der Waals surface area contributed by atoms with Crippen molar-refractivity contribution >= 4 is 11.6 Å². The average molecular weight is 231 g/mol. The second-order valence-corrected chi connectivity index (χ2v) is 3.78. The highest BCUT2D eigenvalue weighted by atomic mass is 16.1. The van der Waals surface area contributed by atoms with E-state index in [4.69, 9.17) is 5.26 Å². The van der Waals surface area contributed by atoms with Crippen LogP contribution in [-0.2, 0) is 11.2 Å². The lowest BCUT2D eigenvalue weighted by molar-refractivity contribution is -0.119. The average Bonchev–Trinajstić information content (AvgIpc) is 2.35. The number of hydrogen-bond acceptors (Lipinski definition) is 3. The summed E-state index contributed by atoms with van der Waals surface area (Å²) in [4.78, 5) is 11.3. The summed E-state index contributed by atoms with van der Waals surface area (Å²) < 4.78 is 0. The molecule has 0 atom stereocenters. The quantitative estimate of drug-likeness (QED) is 0.757. The zero-order valence-electron chi connectivity index (χ0n) is 10.2. The van der Waals surface area contributed by atoms with E-state index in [1.807, 2.05) is 24.3 Å². The van der Waals surface area contributed by atoms with Crippen LogP contribution in [0.5, 0.6) is 0 Å². The summed E-state index contributed by atoms with van der Waals surface area (Å²) in [5.74, 6) is -0.176. The Morgan fingerprint density at radius 2 is 2.24 bits per heavy atom. The van der Waals surface area contributed by atoms with Gasteiger partial charge in [0.1, 0.15) is 6.54 Å². The first-order valence-electron chi connectivity index (χ1n) is 5.64. The van der Waals surface area contributed by atoms with E-state index in [9.17, 15) is 4.79 Å². The third kappa shape index (κ3) is 4.15. The molecule has 1 aromatic carbocycles. The summed E-state index contributed by atoms with van der Waals surface area (Å²) in [6, 6.07) is 7.90. The number of nitriles is 1. The van der Waals surface area contributed by atoms with Crippen molar-refractivity contribution in [2.45, 2.75) is 20.3 Å². The Labute approximate surface area is 102 Å². The number of rotatable bonds is 5. The van der Waals surface area contributed by atoms with Crippen molar-refractivity contribution in [3.8, 4) is 6.07 Å². The maximum Gasteiger partial charge on any atom is 0.240 e. The Morgan fingerprint density at radius 3 is 2.88 bits per heavy atom. The van der Waals surface area contributed by atoms with Gasteiger partial charge in [-0.1, -0.05) is 13.0 Å². The van der Waals surface area contributed by atoms with Gasteiger partial charge < -0.3 is 10.6 Å². The summed E-state index contributed by atoms with van der Waals surface area (Å²) >= 11 is 0. The van der Waals surface area contributed by atoms with Crippen molar-refractivity contribution in [1.29, 1.82) is 5.26 Å². The zero-order valence-corrected chi connectivity index (χ0v) is 10.2. The van der Waals surface area contributed by atoms with Crippen LogP contribution in [0.2, 0.25) is 0 Å². The Bertz CT molecular complexity index is 435. The minimum atomic E-state index is -0.176. The van der Waals surface area contributed by atoms with Crippen LogP contribution in [0.3, 0.4) is 0 Å². The van der Waals surface area contributed by atoms with Gasteiger partial charge in [0, 0.05) is 5.69 Å². The van der Waals surface area contributed by atoms with Crippen LogP contribution in [0.1, 0.15) is 18.1 Å². The molecular formula is C13H17N3O. The lowest BCUT2D eigenvalue weighted by Crippen LogP contribution is -2.30. The van der Waals surface area contributed by atoms with Crippen LogP contribution in [0, 0.1) is 18.3 Å². The first kappa shape index (κ1) is 13.0. The Balaban J connectivity index is 2.52. The molecule has 0 spiro atoms. The summed E-state index contributed by atoms with van der Waals surface area (Å²) in [6.45, 7) is 4.41. The molecule has 2 N–H and O–H groups in total. The molecule has 0 aliphatic heterocycles. The number of benzene rings is 1. The number of amides is 1. The molecule has 0 aliphatic rings.